The first kappa shape index (κ1) is 14.9. The van der Waals surface area contributed by atoms with Crippen LogP contribution in [0.5, 0.6) is 0 Å². The highest BCUT2D eigenvalue weighted by molar-refractivity contribution is 7.09. The molecule has 2 amide bonds. The van der Waals surface area contributed by atoms with E-state index in [0.29, 0.717) is 0 Å². The molecule has 0 aliphatic heterocycles. The lowest BCUT2D eigenvalue weighted by molar-refractivity contribution is 0.0697. The van der Waals surface area contributed by atoms with Crippen LogP contribution in [0.4, 0.5) is 14.9 Å². The molecular weight excluding hydrogens is 297 g/mol. The zero-order chi connectivity index (χ0) is 15.4. The van der Waals surface area contributed by atoms with Crippen molar-refractivity contribution in [3.63, 3.8) is 0 Å². The van der Waals surface area contributed by atoms with Crippen molar-refractivity contribution in [1.29, 1.82) is 0 Å². The number of anilines is 1. The highest BCUT2D eigenvalue weighted by atomic mass is 32.1. The van der Waals surface area contributed by atoms with Gasteiger partial charge >= 0.3 is 12.0 Å². The third kappa shape index (κ3) is 3.76. The Kier molecular flexibility index (Phi) is 4.49. The summed E-state index contributed by atoms with van der Waals surface area (Å²) in [6.07, 6.45) is 1.62. The van der Waals surface area contributed by atoms with Gasteiger partial charge in [-0.3, -0.25) is 0 Å². The molecule has 0 radical (unpaired) electrons. The van der Waals surface area contributed by atoms with Crippen LogP contribution in [0.3, 0.4) is 0 Å². The van der Waals surface area contributed by atoms with Crippen molar-refractivity contribution in [3.05, 3.63) is 46.2 Å². The van der Waals surface area contributed by atoms with Gasteiger partial charge in [0.2, 0.25) is 0 Å². The van der Waals surface area contributed by atoms with E-state index < -0.39 is 17.8 Å². The predicted octanol–water partition coefficient (Wildman–Crippen LogP) is 2.86. The van der Waals surface area contributed by atoms with Gasteiger partial charge in [-0.05, 0) is 25.1 Å². The number of rotatable bonds is 4. The fourth-order valence-corrected chi connectivity index (χ4v) is 2.31. The second-order valence-electron chi connectivity index (χ2n) is 4.19. The van der Waals surface area contributed by atoms with Gasteiger partial charge in [-0.2, -0.15) is 0 Å². The molecule has 2 aromatic rings. The molecule has 0 aliphatic rings. The maximum Gasteiger partial charge on any atom is 0.337 e. The van der Waals surface area contributed by atoms with E-state index >= 15 is 0 Å². The summed E-state index contributed by atoms with van der Waals surface area (Å²) in [5.74, 6) is -2.01. The average Bonchev–Trinajstić information content (AvgIpc) is 2.94. The standard InChI is InChI=1S/C13H12FN3O3S/c1-7(11-15-4-5-21-11)16-13(20)17-10-3-2-8(14)6-9(10)12(18)19/h2-7H,1H3,(H,18,19)(H2,16,17,20). The Morgan fingerprint density at radius 3 is 2.81 bits per heavy atom. The summed E-state index contributed by atoms with van der Waals surface area (Å²) < 4.78 is 13.0. The summed E-state index contributed by atoms with van der Waals surface area (Å²) in [4.78, 5) is 26.9. The number of carbonyl (C=O) groups is 2. The zero-order valence-corrected chi connectivity index (χ0v) is 11.8. The van der Waals surface area contributed by atoms with Gasteiger partial charge in [0.1, 0.15) is 10.8 Å². The average molecular weight is 309 g/mol. The summed E-state index contributed by atoms with van der Waals surface area (Å²) in [5.41, 5.74) is -0.292. The number of hydrogen-bond donors (Lipinski definition) is 3. The van der Waals surface area contributed by atoms with E-state index in [-0.39, 0.29) is 17.3 Å². The summed E-state index contributed by atoms with van der Waals surface area (Å²) in [6, 6.07) is 2.21. The number of benzene rings is 1. The first-order chi connectivity index (χ1) is 9.97. The van der Waals surface area contributed by atoms with Crippen LogP contribution in [0.2, 0.25) is 0 Å². The Bertz CT molecular complexity index is 661. The minimum atomic E-state index is -1.32. The molecule has 0 bridgehead atoms. The number of aromatic nitrogens is 1. The quantitative estimate of drug-likeness (QED) is 0.810. The van der Waals surface area contributed by atoms with Crippen molar-refractivity contribution >= 4 is 29.0 Å². The number of thiazole rings is 1. The van der Waals surface area contributed by atoms with E-state index in [2.05, 4.69) is 15.6 Å². The smallest absolute Gasteiger partial charge is 0.337 e. The van der Waals surface area contributed by atoms with Gasteiger partial charge in [0.05, 0.1) is 17.3 Å². The molecule has 0 aliphatic carbocycles. The van der Waals surface area contributed by atoms with E-state index in [1.54, 1.807) is 18.5 Å². The lowest BCUT2D eigenvalue weighted by Crippen LogP contribution is -2.31. The van der Waals surface area contributed by atoms with Crippen LogP contribution in [-0.4, -0.2) is 22.1 Å². The van der Waals surface area contributed by atoms with Gasteiger partial charge in [0.25, 0.3) is 0 Å². The van der Waals surface area contributed by atoms with E-state index in [1.807, 2.05) is 0 Å². The van der Waals surface area contributed by atoms with Crippen molar-refractivity contribution in [2.45, 2.75) is 13.0 Å². The van der Waals surface area contributed by atoms with Crippen molar-refractivity contribution in [2.24, 2.45) is 0 Å². The third-order valence-corrected chi connectivity index (χ3v) is 3.59. The number of aromatic carboxylic acids is 1. The predicted molar refractivity (Wildman–Crippen MR) is 76.0 cm³/mol. The fourth-order valence-electron chi connectivity index (χ4n) is 1.67. The molecule has 6 nitrogen and oxygen atoms in total. The monoisotopic (exact) mass is 309 g/mol. The SMILES string of the molecule is CC(NC(=O)Nc1ccc(F)cc1C(=O)O)c1nccs1. The Balaban J connectivity index is 2.08. The zero-order valence-electron chi connectivity index (χ0n) is 11.0. The number of nitrogens with zero attached hydrogens (tertiary/aromatic N) is 1. The first-order valence-electron chi connectivity index (χ1n) is 5.97. The molecule has 110 valence electrons. The fraction of sp³-hybridized carbons (Fsp3) is 0.154. The molecule has 2 rings (SSSR count). The Morgan fingerprint density at radius 2 is 2.19 bits per heavy atom. The molecule has 3 N–H and O–H groups in total. The second-order valence-corrected chi connectivity index (χ2v) is 5.11. The number of amides is 2. The molecule has 0 fully saturated rings. The Labute approximate surface area is 123 Å². The second kappa shape index (κ2) is 6.31. The van der Waals surface area contributed by atoms with Crippen LogP contribution in [0.15, 0.2) is 29.8 Å². The lowest BCUT2D eigenvalue weighted by Gasteiger charge is -2.13. The van der Waals surface area contributed by atoms with Crippen molar-refractivity contribution in [3.8, 4) is 0 Å². The normalized spacial score (nSPS) is 11.7. The van der Waals surface area contributed by atoms with Gasteiger partial charge in [0.15, 0.2) is 0 Å². The molecule has 0 spiro atoms. The number of carbonyl (C=O) groups excluding carboxylic acids is 1. The lowest BCUT2D eigenvalue weighted by atomic mass is 10.1. The minimum Gasteiger partial charge on any atom is -0.478 e. The van der Waals surface area contributed by atoms with Gasteiger partial charge in [0, 0.05) is 11.6 Å². The van der Waals surface area contributed by atoms with Crippen molar-refractivity contribution in [1.82, 2.24) is 10.3 Å². The van der Waals surface area contributed by atoms with Crippen LogP contribution in [-0.2, 0) is 0 Å². The molecule has 1 unspecified atom stereocenters. The number of carboxylic acids is 1. The van der Waals surface area contributed by atoms with Crippen LogP contribution in [0.1, 0.15) is 28.3 Å². The number of nitrogens with one attached hydrogen (secondary N) is 2. The van der Waals surface area contributed by atoms with Gasteiger partial charge in [-0.1, -0.05) is 0 Å². The molecule has 1 heterocycles. The highest BCUT2D eigenvalue weighted by Crippen LogP contribution is 2.18. The Hall–Kier alpha value is -2.48. The molecule has 8 heteroatoms. The molecular formula is C13H12FN3O3S. The van der Waals surface area contributed by atoms with E-state index in [0.717, 1.165) is 17.1 Å². The topological polar surface area (TPSA) is 91.3 Å². The van der Waals surface area contributed by atoms with E-state index in [9.17, 15) is 14.0 Å². The van der Waals surface area contributed by atoms with Crippen LogP contribution in [0, 0.1) is 5.82 Å². The number of urea groups is 1. The maximum atomic E-state index is 13.0. The molecule has 0 saturated carbocycles. The first-order valence-corrected chi connectivity index (χ1v) is 6.85. The van der Waals surface area contributed by atoms with Gasteiger partial charge < -0.3 is 15.7 Å². The van der Waals surface area contributed by atoms with Crippen LogP contribution in [0.25, 0.3) is 0 Å². The highest BCUT2D eigenvalue weighted by Gasteiger charge is 2.16. The largest absolute Gasteiger partial charge is 0.478 e. The van der Waals surface area contributed by atoms with E-state index in [1.165, 1.54) is 17.4 Å². The van der Waals surface area contributed by atoms with Crippen molar-refractivity contribution in [2.75, 3.05) is 5.32 Å². The number of carboxylic acid groups (broad SMARTS) is 1. The third-order valence-electron chi connectivity index (χ3n) is 2.63. The minimum absolute atomic E-state index is 0.0211. The molecule has 21 heavy (non-hydrogen) atoms. The molecule has 0 saturated heterocycles. The molecule has 1 aromatic carbocycles. The van der Waals surface area contributed by atoms with Crippen LogP contribution < -0.4 is 10.6 Å². The summed E-state index contributed by atoms with van der Waals surface area (Å²) in [6.45, 7) is 1.75. The summed E-state index contributed by atoms with van der Waals surface area (Å²) >= 11 is 1.39. The molecule has 1 aromatic heterocycles. The number of hydrogen-bond acceptors (Lipinski definition) is 4. The molecule has 1 atom stereocenters. The number of halogens is 1. The van der Waals surface area contributed by atoms with E-state index in [4.69, 9.17) is 5.11 Å². The summed E-state index contributed by atoms with van der Waals surface area (Å²) in [5, 5.41) is 16.5. The van der Waals surface area contributed by atoms with Gasteiger partial charge in [-0.25, -0.2) is 19.0 Å². The van der Waals surface area contributed by atoms with Gasteiger partial charge in [-0.15, -0.1) is 11.3 Å². The van der Waals surface area contributed by atoms with Crippen molar-refractivity contribution < 1.29 is 19.1 Å². The summed E-state index contributed by atoms with van der Waals surface area (Å²) in [7, 11) is 0. The maximum absolute atomic E-state index is 13.0. The Morgan fingerprint density at radius 1 is 1.43 bits per heavy atom. The van der Waals surface area contributed by atoms with Crippen LogP contribution >= 0.6 is 11.3 Å².